The smallest absolute Gasteiger partial charge is 0.185 e. The zero-order chi connectivity index (χ0) is 19.5. The van der Waals surface area contributed by atoms with E-state index >= 15 is 0 Å². The van der Waals surface area contributed by atoms with Crippen LogP contribution in [0.25, 0.3) is 5.69 Å². The molecule has 6 nitrogen and oxygen atoms in total. The Kier molecular flexibility index (Phi) is 5.57. The van der Waals surface area contributed by atoms with E-state index in [1.807, 2.05) is 47.3 Å². The van der Waals surface area contributed by atoms with Gasteiger partial charge < -0.3 is 9.47 Å². The van der Waals surface area contributed by atoms with Crippen molar-refractivity contribution in [1.82, 2.24) is 19.0 Å². The summed E-state index contributed by atoms with van der Waals surface area (Å²) < 4.78 is 5.96. The first-order valence-electron chi connectivity index (χ1n) is 9.01. The van der Waals surface area contributed by atoms with Gasteiger partial charge in [0, 0.05) is 54.9 Å². The van der Waals surface area contributed by atoms with Crippen molar-refractivity contribution < 1.29 is 0 Å². The van der Waals surface area contributed by atoms with Crippen LogP contribution in [0.2, 0.25) is 0 Å². The van der Waals surface area contributed by atoms with E-state index in [2.05, 4.69) is 41.4 Å². The van der Waals surface area contributed by atoms with E-state index < -0.39 is 0 Å². The van der Waals surface area contributed by atoms with E-state index in [0.29, 0.717) is 5.56 Å². The molecule has 0 atom stereocenters. The lowest BCUT2D eigenvalue weighted by molar-refractivity contribution is 0.204. The van der Waals surface area contributed by atoms with E-state index in [1.54, 1.807) is 12.3 Å². The normalized spacial score (nSPS) is 14.8. The Bertz CT molecular complexity index is 1060. The second-order valence-corrected chi connectivity index (χ2v) is 7.94. The first-order chi connectivity index (χ1) is 13.6. The SMILES string of the molecule is N#Cc1ccnc(N2CCN(Cn3ccn(-c4ccc(Br)cc4)c3=S)CC2)c1. The molecule has 4 rings (SSSR count). The molecule has 0 spiro atoms. The Morgan fingerprint density at radius 1 is 1.07 bits per heavy atom. The van der Waals surface area contributed by atoms with Gasteiger partial charge in [-0.1, -0.05) is 15.9 Å². The fraction of sp³-hybridized carbons (Fsp3) is 0.250. The van der Waals surface area contributed by atoms with Gasteiger partial charge in [0.25, 0.3) is 0 Å². The summed E-state index contributed by atoms with van der Waals surface area (Å²) in [4.78, 5) is 9.01. The maximum Gasteiger partial charge on any atom is 0.185 e. The van der Waals surface area contributed by atoms with Gasteiger partial charge in [0.2, 0.25) is 0 Å². The minimum atomic E-state index is 0.646. The summed E-state index contributed by atoms with van der Waals surface area (Å²) in [5, 5.41) is 9.07. The van der Waals surface area contributed by atoms with Gasteiger partial charge in [-0.05, 0) is 48.6 Å². The lowest BCUT2D eigenvalue weighted by Gasteiger charge is -2.35. The molecule has 0 amide bonds. The number of imidazole rings is 1. The quantitative estimate of drug-likeness (QED) is 0.560. The number of halogens is 1. The summed E-state index contributed by atoms with van der Waals surface area (Å²) in [6, 6.07) is 13.9. The molecule has 2 aromatic heterocycles. The largest absolute Gasteiger partial charge is 0.354 e. The van der Waals surface area contributed by atoms with Gasteiger partial charge >= 0.3 is 0 Å². The van der Waals surface area contributed by atoms with Gasteiger partial charge in [-0.3, -0.25) is 9.47 Å². The van der Waals surface area contributed by atoms with Crippen LogP contribution < -0.4 is 4.90 Å². The van der Waals surface area contributed by atoms with Crippen molar-refractivity contribution in [2.45, 2.75) is 6.67 Å². The highest BCUT2D eigenvalue weighted by atomic mass is 79.9. The molecule has 28 heavy (non-hydrogen) atoms. The van der Waals surface area contributed by atoms with Crippen LogP contribution in [-0.4, -0.2) is 45.2 Å². The molecule has 0 N–H and O–H groups in total. The molecule has 142 valence electrons. The molecule has 0 saturated carbocycles. The van der Waals surface area contributed by atoms with Crippen LogP contribution in [0.4, 0.5) is 5.82 Å². The number of nitrogens with zero attached hydrogens (tertiary/aromatic N) is 6. The number of hydrogen-bond donors (Lipinski definition) is 0. The maximum absolute atomic E-state index is 9.07. The molecule has 3 heterocycles. The minimum absolute atomic E-state index is 0.646. The zero-order valence-corrected chi connectivity index (χ0v) is 17.6. The highest BCUT2D eigenvalue weighted by Crippen LogP contribution is 2.17. The third kappa shape index (κ3) is 4.02. The van der Waals surface area contributed by atoms with Crippen molar-refractivity contribution in [3.05, 3.63) is 69.8 Å². The summed E-state index contributed by atoms with van der Waals surface area (Å²) in [7, 11) is 0. The van der Waals surface area contributed by atoms with Gasteiger partial charge in [-0.15, -0.1) is 0 Å². The number of rotatable bonds is 4. The summed E-state index contributed by atoms with van der Waals surface area (Å²) in [5.41, 5.74) is 1.70. The van der Waals surface area contributed by atoms with E-state index in [0.717, 1.165) is 53.6 Å². The van der Waals surface area contributed by atoms with Crippen LogP contribution >= 0.6 is 28.1 Å². The third-order valence-corrected chi connectivity index (χ3v) is 5.84. The van der Waals surface area contributed by atoms with Gasteiger partial charge in [0.1, 0.15) is 5.82 Å². The second-order valence-electron chi connectivity index (χ2n) is 6.66. The van der Waals surface area contributed by atoms with Crippen LogP contribution in [0.1, 0.15) is 5.56 Å². The number of aromatic nitrogens is 3. The van der Waals surface area contributed by atoms with Crippen LogP contribution in [0, 0.1) is 16.1 Å². The van der Waals surface area contributed by atoms with Crippen LogP contribution in [0.5, 0.6) is 0 Å². The summed E-state index contributed by atoms with van der Waals surface area (Å²) >= 11 is 9.14. The molecule has 0 unspecified atom stereocenters. The first kappa shape index (κ1) is 18.9. The number of piperazine rings is 1. The van der Waals surface area contributed by atoms with Crippen LogP contribution in [-0.2, 0) is 6.67 Å². The molecule has 1 fully saturated rings. The minimum Gasteiger partial charge on any atom is -0.354 e. The lowest BCUT2D eigenvalue weighted by Crippen LogP contribution is -2.47. The van der Waals surface area contributed by atoms with Crippen molar-refractivity contribution in [2.24, 2.45) is 0 Å². The molecule has 3 aromatic rings. The Morgan fingerprint density at radius 3 is 2.54 bits per heavy atom. The third-order valence-electron chi connectivity index (χ3n) is 4.88. The van der Waals surface area contributed by atoms with Crippen LogP contribution in [0.15, 0.2) is 59.5 Å². The van der Waals surface area contributed by atoms with Gasteiger partial charge in [0.15, 0.2) is 4.77 Å². The molecule has 0 radical (unpaired) electrons. The average Bonchev–Trinajstić information content (AvgIpc) is 3.09. The van der Waals surface area contributed by atoms with Gasteiger partial charge in [0.05, 0.1) is 18.3 Å². The van der Waals surface area contributed by atoms with E-state index in [4.69, 9.17) is 17.5 Å². The molecule has 0 bridgehead atoms. The predicted octanol–water partition coefficient (Wildman–Crippen LogP) is 3.82. The Hall–Kier alpha value is -2.47. The summed E-state index contributed by atoms with van der Waals surface area (Å²) in [5.74, 6) is 0.872. The Morgan fingerprint density at radius 2 is 1.82 bits per heavy atom. The second kappa shape index (κ2) is 8.27. The zero-order valence-electron chi connectivity index (χ0n) is 15.2. The number of anilines is 1. The van der Waals surface area contributed by atoms with E-state index in [1.165, 1.54) is 0 Å². The number of hydrogen-bond acceptors (Lipinski definition) is 5. The van der Waals surface area contributed by atoms with E-state index in [-0.39, 0.29) is 0 Å². The summed E-state index contributed by atoms with van der Waals surface area (Å²) in [6.07, 6.45) is 5.75. The van der Waals surface area contributed by atoms with Crippen molar-refractivity contribution in [1.29, 1.82) is 5.26 Å². The fourth-order valence-corrected chi connectivity index (χ4v) is 3.86. The highest BCUT2D eigenvalue weighted by molar-refractivity contribution is 9.10. The Balaban J connectivity index is 1.41. The average molecular weight is 455 g/mol. The predicted molar refractivity (Wildman–Crippen MR) is 115 cm³/mol. The van der Waals surface area contributed by atoms with Gasteiger partial charge in [-0.2, -0.15) is 5.26 Å². The lowest BCUT2D eigenvalue weighted by atomic mass is 10.2. The van der Waals surface area contributed by atoms with Gasteiger partial charge in [-0.25, -0.2) is 4.98 Å². The van der Waals surface area contributed by atoms with E-state index in [9.17, 15) is 0 Å². The molecule has 8 heteroatoms. The van der Waals surface area contributed by atoms with Crippen molar-refractivity contribution in [2.75, 3.05) is 31.1 Å². The fourth-order valence-electron chi connectivity index (χ4n) is 3.31. The molecular formula is C20H19BrN6S. The summed E-state index contributed by atoms with van der Waals surface area (Å²) in [6.45, 7) is 4.36. The molecule has 1 aromatic carbocycles. The Labute approximate surface area is 177 Å². The standard InChI is InChI=1S/C20H19BrN6S/c21-17-1-3-18(4-2-17)27-12-11-26(20(27)28)15-24-7-9-25(10-8-24)19-13-16(14-22)5-6-23-19/h1-6,11-13H,7-10,15H2. The highest BCUT2D eigenvalue weighted by Gasteiger charge is 2.19. The van der Waals surface area contributed by atoms with Crippen molar-refractivity contribution in [3.8, 4) is 11.8 Å². The van der Waals surface area contributed by atoms with Crippen molar-refractivity contribution >= 4 is 34.0 Å². The molecule has 1 aliphatic rings. The monoisotopic (exact) mass is 454 g/mol. The number of nitriles is 1. The maximum atomic E-state index is 9.07. The number of pyridine rings is 1. The van der Waals surface area contributed by atoms with Crippen molar-refractivity contribution in [3.63, 3.8) is 0 Å². The molecule has 1 aliphatic heterocycles. The molecule has 1 saturated heterocycles. The first-order valence-corrected chi connectivity index (χ1v) is 10.2. The molecular weight excluding hydrogens is 436 g/mol. The number of benzene rings is 1. The molecule has 0 aliphatic carbocycles. The topological polar surface area (TPSA) is 53.0 Å². The van der Waals surface area contributed by atoms with Crippen LogP contribution in [0.3, 0.4) is 0 Å².